The van der Waals surface area contributed by atoms with Gasteiger partial charge in [0.2, 0.25) is 11.8 Å². The van der Waals surface area contributed by atoms with Crippen LogP contribution in [0.2, 0.25) is 5.02 Å². The Hall–Kier alpha value is -2.16. The zero-order valence-corrected chi connectivity index (χ0v) is 29.3. The van der Waals surface area contributed by atoms with Crippen LogP contribution in [0.4, 0.5) is 0 Å². The highest BCUT2D eigenvalue weighted by Crippen LogP contribution is 2.42. The van der Waals surface area contributed by atoms with Crippen LogP contribution in [0.3, 0.4) is 0 Å². The Morgan fingerprint density at radius 1 is 0.978 bits per heavy atom. The Labute approximate surface area is 275 Å². The molecule has 1 saturated carbocycles. The van der Waals surface area contributed by atoms with E-state index in [0.29, 0.717) is 37.7 Å². The van der Waals surface area contributed by atoms with Crippen LogP contribution in [0.5, 0.6) is 0 Å². The molecule has 4 aliphatic rings. The maximum atomic E-state index is 14.8. The van der Waals surface area contributed by atoms with Crippen molar-refractivity contribution in [1.29, 1.82) is 0 Å². The number of rotatable bonds is 7. The number of nitrogens with zero attached hydrogens (tertiary/aromatic N) is 4. The summed E-state index contributed by atoms with van der Waals surface area (Å²) in [6.07, 6.45) is 5.63. The van der Waals surface area contributed by atoms with Crippen molar-refractivity contribution in [3.63, 3.8) is 0 Å². The molecule has 9 heteroatoms. The van der Waals surface area contributed by atoms with Crippen molar-refractivity contribution in [2.24, 2.45) is 11.3 Å². The quantitative estimate of drug-likeness (QED) is 0.389. The van der Waals surface area contributed by atoms with E-state index in [9.17, 15) is 14.4 Å². The molecule has 3 aliphatic heterocycles. The third kappa shape index (κ3) is 7.38. The van der Waals surface area contributed by atoms with Gasteiger partial charge >= 0.3 is 0 Å². The average molecular weight is 643 g/mol. The second-order valence-electron chi connectivity index (χ2n) is 15.7. The van der Waals surface area contributed by atoms with Gasteiger partial charge in [0, 0.05) is 62.4 Å². The van der Waals surface area contributed by atoms with Crippen LogP contribution in [0.25, 0.3) is 0 Å². The molecule has 0 aromatic heterocycles. The van der Waals surface area contributed by atoms with E-state index in [0.717, 1.165) is 50.6 Å². The minimum Gasteiger partial charge on any atom is -0.368 e. The Morgan fingerprint density at radius 2 is 1.64 bits per heavy atom. The summed E-state index contributed by atoms with van der Waals surface area (Å²) >= 11 is 6.25. The van der Waals surface area contributed by atoms with Gasteiger partial charge in [0.1, 0.15) is 12.1 Å². The number of carbonyl (C=O) groups is 3. The summed E-state index contributed by atoms with van der Waals surface area (Å²) < 4.78 is 5.93. The van der Waals surface area contributed by atoms with Gasteiger partial charge in [-0.25, -0.2) is 0 Å². The maximum Gasteiger partial charge on any atom is 0.252 e. The van der Waals surface area contributed by atoms with E-state index < -0.39 is 12.1 Å². The number of carbonyl (C=O) groups excluding carboxylic acids is 3. The molecule has 3 amide bonds. The van der Waals surface area contributed by atoms with Crippen molar-refractivity contribution >= 4 is 29.3 Å². The molecule has 45 heavy (non-hydrogen) atoms. The van der Waals surface area contributed by atoms with Gasteiger partial charge in [-0.1, -0.05) is 37.6 Å². The predicted molar refractivity (Wildman–Crippen MR) is 178 cm³/mol. The van der Waals surface area contributed by atoms with Crippen molar-refractivity contribution in [2.45, 2.75) is 122 Å². The lowest BCUT2D eigenvalue weighted by Gasteiger charge is -2.43. The number of amides is 3. The van der Waals surface area contributed by atoms with Gasteiger partial charge in [0.15, 0.2) is 0 Å². The van der Waals surface area contributed by atoms with Crippen molar-refractivity contribution in [2.75, 3.05) is 39.8 Å². The minimum atomic E-state index is -0.596. The van der Waals surface area contributed by atoms with Gasteiger partial charge in [0.05, 0.1) is 12.0 Å². The number of hydrogen-bond donors (Lipinski definition) is 0. The van der Waals surface area contributed by atoms with Gasteiger partial charge in [-0.05, 0) is 95.8 Å². The van der Waals surface area contributed by atoms with Crippen molar-refractivity contribution in [3.8, 4) is 0 Å². The van der Waals surface area contributed by atoms with E-state index in [1.54, 1.807) is 4.90 Å². The summed E-state index contributed by atoms with van der Waals surface area (Å²) in [5.74, 6) is -0.301. The smallest absolute Gasteiger partial charge is 0.252 e. The van der Waals surface area contributed by atoms with Gasteiger partial charge < -0.3 is 19.4 Å². The highest BCUT2D eigenvalue weighted by Gasteiger charge is 2.51. The molecular formula is C36H55ClN4O4. The van der Waals surface area contributed by atoms with E-state index in [4.69, 9.17) is 16.3 Å². The molecule has 1 aromatic rings. The summed E-state index contributed by atoms with van der Waals surface area (Å²) in [6, 6.07) is 7.14. The monoisotopic (exact) mass is 642 g/mol. The first-order valence-electron chi connectivity index (χ1n) is 17.2. The maximum absolute atomic E-state index is 14.8. The first kappa shape index (κ1) is 34.2. The largest absolute Gasteiger partial charge is 0.368 e. The molecule has 1 aliphatic carbocycles. The molecule has 0 radical (unpaired) electrons. The predicted octanol–water partition coefficient (Wildman–Crippen LogP) is 5.58. The zero-order valence-electron chi connectivity index (χ0n) is 28.6. The Kier molecular flexibility index (Phi) is 10.3. The fourth-order valence-electron chi connectivity index (χ4n) is 8.02. The van der Waals surface area contributed by atoms with Crippen LogP contribution >= 0.6 is 11.6 Å². The highest BCUT2D eigenvalue weighted by atomic mass is 35.5. The van der Waals surface area contributed by atoms with Gasteiger partial charge in [-0.3, -0.25) is 19.3 Å². The number of likely N-dealkylation sites (tertiary alicyclic amines) is 2. The minimum absolute atomic E-state index is 0.0151. The molecule has 5 atom stereocenters. The number of ether oxygens (including phenoxy) is 1. The van der Waals surface area contributed by atoms with E-state index in [1.165, 1.54) is 0 Å². The second kappa shape index (κ2) is 13.5. The highest BCUT2D eigenvalue weighted by molar-refractivity contribution is 6.30. The molecule has 1 aromatic carbocycles. The van der Waals surface area contributed by atoms with Crippen molar-refractivity contribution < 1.29 is 19.1 Å². The fourth-order valence-corrected chi connectivity index (χ4v) is 8.15. The first-order valence-corrected chi connectivity index (χ1v) is 17.6. The number of hydrogen-bond acceptors (Lipinski definition) is 5. The van der Waals surface area contributed by atoms with E-state index in [2.05, 4.69) is 44.4 Å². The standard InChI is InChI=1S/C36H55ClN4O4/c1-8-38(7)33(43)30-20-27(41(34(44)31-10-9-19-45-31)26-15-17-36(5,6)18-16-26)21-40(30)32(42)29-23-39(35(2,3)4)22-28(29)24-11-13-25(37)14-12-24/h11-14,26-31H,8-10,15-23H2,1-7H3/t27?,28-,29+,30-,31+/m0/s1. The number of halogens is 1. The van der Waals surface area contributed by atoms with Gasteiger partial charge in [-0.2, -0.15) is 0 Å². The van der Waals surface area contributed by atoms with Crippen molar-refractivity contribution in [3.05, 3.63) is 34.9 Å². The molecule has 250 valence electrons. The van der Waals surface area contributed by atoms with Crippen LogP contribution < -0.4 is 0 Å². The van der Waals surface area contributed by atoms with E-state index in [1.807, 2.05) is 43.1 Å². The lowest BCUT2D eigenvalue weighted by molar-refractivity contribution is -0.148. The van der Waals surface area contributed by atoms with Crippen molar-refractivity contribution in [1.82, 2.24) is 19.6 Å². The molecule has 0 bridgehead atoms. The summed E-state index contributed by atoms with van der Waals surface area (Å²) in [6.45, 7) is 16.1. The average Bonchev–Trinajstić information content (AvgIpc) is 3.77. The van der Waals surface area contributed by atoms with Gasteiger partial charge in [0.25, 0.3) is 5.91 Å². The second-order valence-corrected chi connectivity index (χ2v) is 16.2. The Balaban J connectivity index is 1.47. The Morgan fingerprint density at radius 3 is 2.22 bits per heavy atom. The Bertz CT molecular complexity index is 1210. The van der Waals surface area contributed by atoms with Crippen LogP contribution in [-0.4, -0.2) is 107 Å². The summed E-state index contributed by atoms with van der Waals surface area (Å²) in [4.78, 5) is 51.0. The first-order chi connectivity index (χ1) is 21.2. The summed E-state index contributed by atoms with van der Waals surface area (Å²) in [5.41, 5.74) is 1.24. The molecule has 0 N–H and O–H groups in total. The normalized spacial score (nSPS) is 29.2. The molecular weight excluding hydrogens is 588 g/mol. The molecule has 3 saturated heterocycles. The third-order valence-corrected chi connectivity index (χ3v) is 11.4. The number of benzene rings is 1. The summed E-state index contributed by atoms with van der Waals surface area (Å²) in [7, 11) is 1.81. The molecule has 5 rings (SSSR count). The van der Waals surface area contributed by atoms with Crippen LogP contribution in [0.15, 0.2) is 24.3 Å². The van der Waals surface area contributed by atoms with E-state index in [-0.39, 0.29) is 52.6 Å². The third-order valence-electron chi connectivity index (χ3n) is 11.1. The molecule has 8 nitrogen and oxygen atoms in total. The van der Waals surface area contributed by atoms with E-state index >= 15 is 0 Å². The topological polar surface area (TPSA) is 73.4 Å². The van der Waals surface area contributed by atoms with Gasteiger partial charge in [-0.15, -0.1) is 0 Å². The lowest BCUT2D eigenvalue weighted by atomic mass is 9.75. The molecule has 1 unspecified atom stereocenters. The molecule has 0 spiro atoms. The van der Waals surface area contributed by atoms with Crippen LogP contribution in [0.1, 0.15) is 98.0 Å². The SMILES string of the molecule is CCN(C)C(=O)[C@@H]1CC(N(C(=O)[C@H]2CCCO2)C2CCC(C)(C)CC2)CN1C(=O)[C@@H]1CN(C(C)(C)C)C[C@H]1c1ccc(Cl)cc1. The zero-order chi connectivity index (χ0) is 32.7. The summed E-state index contributed by atoms with van der Waals surface area (Å²) in [5, 5.41) is 0.671. The molecule has 4 fully saturated rings. The van der Waals surface area contributed by atoms with Crippen LogP contribution in [0, 0.1) is 11.3 Å². The van der Waals surface area contributed by atoms with Crippen LogP contribution in [-0.2, 0) is 19.1 Å². The fraction of sp³-hybridized carbons (Fsp3) is 0.750. The lowest BCUT2D eigenvalue weighted by Crippen LogP contribution is -2.53. The molecule has 3 heterocycles. The number of likely N-dealkylation sites (N-methyl/N-ethyl adjacent to an activating group) is 1.